The van der Waals surface area contributed by atoms with E-state index in [0.717, 1.165) is 17.9 Å². The van der Waals surface area contributed by atoms with Crippen LogP contribution < -0.4 is 0 Å². The number of hydrogen-bond acceptors (Lipinski definition) is 3. The molecule has 0 saturated heterocycles. The lowest BCUT2D eigenvalue weighted by Crippen LogP contribution is -2.04. The number of aromatic nitrogens is 3. The fourth-order valence-electron chi connectivity index (χ4n) is 1.41. The SMILES string of the molecule is CCSc1n[nH]c(-c2cccc(C(F)(F)F)c2)n1. The smallest absolute Gasteiger partial charge is 0.258 e. The molecular formula is C11H10F3N3S. The van der Waals surface area contributed by atoms with Crippen LogP contribution in [0.4, 0.5) is 13.2 Å². The molecule has 3 nitrogen and oxygen atoms in total. The maximum atomic E-state index is 12.6. The van der Waals surface area contributed by atoms with Gasteiger partial charge in [-0.1, -0.05) is 30.8 Å². The first-order valence-electron chi connectivity index (χ1n) is 5.23. The molecule has 2 aromatic rings. The third kappa shape index (κ3) is 2.84. The number of nitrogens with one attached hydrogen (secondary N) is 1. The van der Waals surface area contributed by atoms with Crippen molar-refractivity contribution in [3.05, 3.63) is 29.8 Å². The lowest BCUT2D eigenvalue weighted by Gasteiger charge is -2.06. The first kappa shape index (κ1) is 12.9. The summed E-state index contributed by atoms with van der Waals surface area (Å²) in [5.74, 6) is 1.15. The van der Waals surface area contributed by atoms with Gasteiger partial charge in [-0.3, -0.25) is 5.10 Å². The molecule has 0 fully saturated rings. The molecule has 0 unspecified atom stereocenters. The predicted molar refractivity (Wildman–Crippen MR) is 63.2 cm³/mol. The average Bonchev–Trinajstić information content (AvgIpc) is 2.77. The van der Waals surface area contributed by atoms with Gasteiger partial charge in [-0.15, -0.1) is 5.10 Å². The Morgan fingerprint density at radius 3 is 2.78 bits per heavy atom. The number of H-pyrrole nitrogens is 1. The van der Waals surface area contributed by atoms with Gasteiger partial charge >= 0.3 is 6.18 Å². The van der Waals surface area contributed by atoms with E-state index in [1.54, 1.807) is 6.07 Å². The monoisotopic (exact) mass is 273 g/mol. The van der Waals surface area contributed by atoms with E-state index in [9.17, 15) is 13.2 Å². The Kier molecular flexibility index (Phi) is 3.60. The van der Waals surface area contributed by atoms with Crippen molar-refractivity contribution in [2.45, 2.75) is 18.3 Å². The van der Waals surface area contributed by atoms with Gasteiger partial charge in [-0.05, 0) is 17.9 Å². The maximum Gasteiger partial charge on any atom is 0.416 e. The van der Waals surface area contributed by atoms with Crippen molar-refractivity contribution in [1.29, 1.82) is 0 Å². The van der Waals surface area contributed by atoms with E-state index < -0.39 is 11.7 Å². The third-order valence-corrected chi connectivity index (χ3v) is 2.93. The number of hydrogen-bond donors (Lipinski definition) is 1. The number of aromatic amines is 1. The van der Waals surface area contributed by atoms with Crippen LogP contribution >= 0.6 is 11.8 Å². The van der Waals surface area contributed by atoms with Crippen molar-refractivity contribution in [2.24, 2.45) is 0 Å². The molecule has 0 atom stereocenters. The first-order valence-corrected chi connectivity index (χ1v) is 6.22. The highest BCUT2D eigenvalue weighted by molar-refractivity contribution is 7.99. The zero-order valence-electron chi connectivity index (χ0n) is 9.45. The van der Waals surface area contributed by atoms with Crippen molar-refractivity contribution < 1.29 is 13.2 Å². The maximum absolute atomic E-state index is 12.6. The van der Waals surface area contributed by atoms with Gasteiger partial charge < -0.3 is 0 Å². The molecule has 1 aromatic carbocycles. The molecule has 0 aliphatic carbocycles. The largest absolute Gasteiger partial charge is 0.416 e. The number of rotatable bonds is 3. The van der Waals surface area contributed by atoms with Crippen LogP contribution in [0.2, 0.25) is 0 Å². The molecule has 1 heterocycles. The molecule has 0 bridgehead atoms. The summed E-state index contributed by atoms with van der Waals surface area (Å²) in [4.78, 5) is 4.12. The molecule has 1 aromatic heterocycles. The Bertz CT molecular complexity index is 536. The van der Waals surface area contributed by atoms with Gasteiger partial charge in [0.15, 0.2) is 5.82 Å². The zero-order valence-corrected chi connectivity index (χ0v) is 10.3. The lowest BCUT2D eigenvalue weighted by atomic mass is 10.1. The van der Waals surface area contributed by atoms with E-state index in [2.05, 4.69) is 15.2 Å². The number of alkyl halides is 3. The molecule has 0 amide bonds. The van der Waals surface area contributed by atoms with Crippen LogP contribution in [0.25, 0.3) is 11.4 Å². The Morgan fingerprint density at radius 2 is 2.11 bits per heavy atom. The number of halogens is 3. The van der Waals surface area contributed by atoms with E-state index >= 15 is 0 Å². The summed E-state index contributed by atoms with van der Waals surface area (Å²) < 4.78 is 37.7. The van der Waals surface area contributed by atoms with Crippen molar-refractivity contribution in [3.8, 4) is 11.4 Å². The van der Waals surface area contributed by atoms with Crippen LogP contribution in [0, 0.1) is 0 Å². The fraction of sp³-hybridized carbons (Fsp3) is 0.273. The minimum absolute atomic E-state index is 0.344. The van der Waals surface area contributed by atoms with Gasteiger partial charge in [0.05, 0.1) is 5.56 Å². The van der Waals surface area contributed by atoms with Crippen molar-refractivity contribution >= 4 is 11.8 Å². The summed E-state index contributed by atoms with van der Waals surface area (Å²) >= 11 is 1.42. The van der Waals surface area contributed by atoms with Gasteiger partial charge in [0, 0.05) is 5.56 Å². The molecule has 96 valence electrons. The van der Waals surface area contributed by atoms with E-state index in [4.69, 9.17) is 0 Å². The topological polar surface area (TPSA) is 41.6 Å². The van der Waals surface area contributed by atoms with Crippen LogP contribution in [0.5, 0.6) is 0 Å². The molecule has 1 N–H and O–H groups in total. The normalized spacial score (nSPS) is 11.8. The molecule has 0 spiro atoms. The number of benzene rings is 1. The quantitative estimate of drug-likeness (QED) is 0.869. The molecule has 7 heteroatoms. The van der Waals surface area contributed by atoms with E-state index in [1.165, 1.54) is 17.8 Å². The minimum atomic E-state index is -4.35. The highest BCUT2D eigenvalue weighted by atomic mass is 32.2. The van der Waals surface area contributed by atoms with Crippen LogP contribution in [0.15, 0.2) is 29.4 Å². The van der Waals surface area contributed by atoms with E-state index in [1.807, 2.05) is 6.92 Å². The molecule has 2 rings (SSSR count). The van der Waals surface area contributed by atoms with Crippen LogP contribution in [-0.4, -0.2) is 20.9 Å². The molecule has 0 saturated carbocycles. The van der Waals surface area contributed by atoms with Gasteiger partial charge in [0.2, 0.25) is 5.16 Å². The van der Waals surface area contributed by atoms with Crippen molar-refractivity contribution in [1.82, 2.24) is 15.2 Å². The summed E-state index contributed by atoms with van der Waals surface area (Å²) in [6, 6.07) is 5.01. The van der Waals surface area contributed by atoms with Crippen LogP contribution in [-0.2, 0) is 6.18 Å². The molecule has 0 aliphatic heterocycles. The molecule has 18 heavy (non-hydrogen) atoms. The Hall–Kier alpha value is -1.50. The average molecular weight is 273 g/mol. The standard InChI is InChI=1S/C11H10F3N3S/c1-2-18-10-15-9(16-17-10)7-4-3-5-8(6-7)11(12,13)14/h3-6H,2H2,1H3,(H,15,16,17). The summed E-state index contributed by atoms with van der Waals surface area (Å²) in [6.45, 7) is 1.95. The van der Waals surface area contributed by atoms with Crippen molar-refractivity contribution in [3.63, 3.8) is 0 Å². The van der Waals surface area contributed by atoms with Gasteiger partial charge in [0.25, 0.3) is 0 Å². The molecule has 0 radical (unpaired) electrons. The summed E-state index contributed by atoms with van der Waals surface area (Å²) in [5, 5.41) is 7.09. The van der Waals surface area contributed by atoms with Crippen molar-refractivity contribution in [2.75, 3.05) is 5.75 Å². The molecular weight excluding hydrogens is 263 g/mol. The fourth-order valence-corrected chi connectivity index (χ4v) is 1.94. The van der Waals surface area contributed by atoms with Gasteiger partial charge in [-0.25, -0.2) is 4.98 Å². The van der Waals surface area contributed by atoms with Crippen LogP contribution in [0.1, 0.15) is 12.5 Å². The zero-order chi connectivity index (χ0) is 13.2. The Labute approximate surface area is 106 Å². The number of nitrogens with zero attached hydrogens (tertiary/aromatic N) is 2. The predicted octanol–water partition coefficient (Wildman–Crippen LogP) is 3.60. The first-order chi connectivity index (χ1) is 8.50. The Morgan fingerprint density at radius 1 is 1.33 bits per heavy atom. The highest BCUT2D eigenvalue weighted by Gasteiger charge is 2.30. The van der Waals surface area contributed by atoms with Crippen LogP contribution in [0.3, 0.4) is 0 Å². The number of thioether (sulfide) groups is 1. The summed E-state index contributed by atoms with van der Waals surface area (Å²) in [7, 11) is 0. The highest BCUT2D eigenvalue weighted by Crippen LogP contribution is 2.31. The second-order valence-electron chi connectivity index (χ2n) is 3.48. The summed E-state index contributed by atoms with van der Waals surface area (Å²) in [6.07, 6.45) is -4.35. The third-order valence-electron chi connectivity index (χ3n) is 2.20. The minimum Gasteiger partial charge on any atom is -0.258 e. The van der Waals surface area contributed by atoms with E-state index in [0.29, 0.717) is 16.5 Å². The lowest BCUT2D eigenvalue weighted by molar-refractivity contribution is -0.137. The van der Waals surface area contributed by atoms with E-state index in [-0.39, 0.29) is 0 Å². The van der Waals surface area contributed by atoms with Gasteiger partial charge in [0.1, 0.15) is 0 Å². The Balaban J connectivity index is 2.32. The second-order valence-corrected chi connectivity index (χ2v) is 4.71. The summed E-state index contributed by atoms with van der Waals surface area (Å²) in [5.41, 5.74) is -0.318. The molecule has 0 aliphatic rings. The second kappa shape index (κ2) is 5.01. The van der Waals surface area contributed by atoms with Gasteiger partial charge in [-0.2, -0.15) is 13.2 Å².